The van der Waals surface area contributed by atoms with Crippen LogP contribution in [0.25, 0.3) is 21.5 Å². The van der Waals surface area contributed by atoms with E-state index in [1.807, 2.05) is 36.4 Å². The third kappa shape index (κ3) is 6.14. The van der Waals surface area contributed by atoms with Crippen LogP contribution < -0.4 is 0 Å². The molecular weight excluding hydrogens is 543 g/mol. The van der Waals surface area contributed by atoms with Crippen molar-refractivity contribution in [1.29, 1.82) is 0 Å². The second-order valence-electron chi connectivity index (χ2n) is 8.26. The van der Waals surface area contributed by atoms with Gasteiger partial charge in [-0.1, -0.05) is 0 Å². The van der Waals surface area contributed by atoms with E-state index in [0.29, 0.717) is 6.42 Å². The van der Waals surface area contributed by atoms with Gasteiger partial charge in [-0.05, 0) is 0 Å². The molecule has 4 aromatic carbocycles. The van der Waals surface area contributed by atoms with Gasteiger partial charge in [0.05, 0.1) is 0 Å². The van der Waals surface area contributed by atoms with E-state index < -0.39 is 30.4 Å². The van der Waals surface area contributed by atoms with Crippen LogP contribution in [0.15, 0.2) is 84.9 Å². The minimum atomic E-state index is -3.64. The first-order chi connectivity index (χ1) is 16.1. The quantitative estimate of drug-likeness (QED) is 0.134. The number of unbranched alkanes of at least 4 members (excludes halogenated alkanes) is 5. The summed E-state index contributed by atoms with van der Waals surface area (Å²) in [5, 5.41) is 4.37. The molecule has 0 atom stereocenters. The van der Waals surface area contributed by atoms with Crippen LogP contribution in [0.3, 0.4) is 0 Å². The second kappa shape index (κ2) is 11.4. The zero-order chi connectivity index (χ0) is 23.1. The molecule has 0 aromatic heterocycles. The molecule has 0 N–H and O–H groups in total. The zero-order valence-corrected chi connectivity index (χ0v) is 22.0. The summed E-state index contributed by atoms with van der Waals surface area (Å²) in [6, 6.07) is 28.6. The fourth-order valence-corrected chi connectivity index (χ4v) is 12.1. The van der Waals surface area contributed by atoms with Gasteiger partial charge in [-0.3, -0.25) is 0 Å². The van der Waals surface area contributed by atoms with E-state index in [0.717, 1.165) is 41.5 Å². The molecule has 0 bridgehead atoms. The maximum absolute atomic E-state index is 13.2. The molecule has 0 spiro atoms. The predicted molar refractivity (Wildman–Crippen MR) is 148 cm³/mol. The van der Waals surface area contributed by atoms with Gasteiger partial charge in [0.2, 0.25) is 0 Å². The molecule has 5 heteroatoms. The SMILES string of the molecule is CCCCCCCCS(=O)(=O)OI(c1cccc2ccccc12)c1cccc2ccccc12. The van der Waals surface area contributed by atoms with Crippen molar-refractivity contribution in [3.8, 4) is 0 Å². The van der Waals surface area contributed by atoms with E-state index in [-0.39, 0.29) is 5.75 Å². The summed E-state index contributed by atoms with van der Waals surface area (Å²) in [6.07, 6.45) is 6.23. The summed E-state index contributed by atoms with van der Waals surface area (Å²) in [7, 11) is -3.64. The van der Waals surface area contributed by atoms with Crippen LogP contribution in [0.1, 0.15) is 45.4 Å². The summed E-state index contributed by atoms with van der Waals surface area (Å²) < 4.78 is 34.6. The van der Waals surface area contributed by atoms with E-state index in [9.17, 15) is 8.42 Å². The Hall–Kier alpha value is -1.96. The average molecular weight is 575 g/mol. The molecule has 0 heterocycles. The molecule has 0 aliphatic rings. The number of fused-ring (bicyclic) bond motifs is 2. The molecule has 0 aliphatic carbocycles. The van der Waals surface area contributed by atoms with Crippen molar-refractivity contribution in [1.82, 2.24) is 0 Å². The Morgan fingerprint density at radius 2 is 1.12 bits per heavy atom. The zero-order valence-electron chi connectivity index (χ0n) is 19.0. The standard InChI is InChI=1S/C28H31IO3S/c1-2-3-4-5-6-11-22-33(30,31)32-29(27-20-12-16-23-14-7-9-18-25(23)27)28-21-13-17-24-15-8-10-19-26(24)28/h7-10,12-21H,2-6,11,22H2,1H3. The van der Waals surface area contributed by atoms with Gasteiger partial charge in [-0.15, -0.1) is 0 Å². The number of hydrogen-bond acceptors (Lipinski definition) is 3. The van der Waals surface area contributed by atoms with Crippen molar-refractivity contribution >= 4 is 51.9 Å². The molecule has 33 heavy (non-hydrogen) atoms. The number of benzene rings is 4. The topological polar surface area (TPSA) is 43.4 Å². The molecule has 3 nitrogen and oxygen atoms in total. The van der Waals surface area contributed by atoms with Crippen LogP contribution in [0.5, 0.6) is 0 Å². The van der Waals surface area contributed by atoms with Crippen LogP contribution in [-0.2, 0) is 12.6 Å². The molecule has 174 valence electrons. The third-order valence-electron chi connectivity index (χ3n) is 5.75. The molecule has 0 aliphatic heterocycles. The van der Waals surface area contributed by atoms with E-state index in [1.165, 1.54) is 19.3 Å². The van der Waals surface area contributed by atoms with Crippen molar-refractivity contribution in [3.05, 3.63) is 92.1 Å². The van der Waals surface area contributed by atoms with Gasteiger partial charge in [0, 0.05) is 0 Å². The Kier molecular flexibility index (Phi) is 8.39. The Morgan fingerprint density at radius 1 is 0.636 bits per heavy atom. The Bertz CT molecular complexity index is 1230. The molecule has 0 radical (unpaired) electrons. The predicted octanol–water partition coefficient (Wildman–Crippen LogP) is 8.16. The van der Waals surface area contributed by atoms with Crippen molar-refractivity contribution in [2.45, 2.75) is 45.4 Å². The van der Waals surface area contributed by atoms with Crippen LogP contribution >= 0.6 is 20.2 Å². The Labute approximate surface area is 205 Å². The van der Waals surface area contributed by atoms with E-state index in [4.69, 9.17) is 2.51 Å². The van der Waals surface area contributed by atoms with Crippen molar-refractivity contribution in [2.24, 2.45) is 0 Å². The fourth-order valence-electron chi connectivity index (χ4n) is 4.04. The van der Waals surface area contributed by atoms with Crippen molar-refractivity contribution in [2.75, 3.05) is 5.75 Å². The van der Waals surface area contributed by atoms with Gasteiger partial charge in [0.15, 0.2) is 0 Å². The van der Waals surface area contributed by atoms with Gasteiger partial charge < -0.3 is 0 Å². The van der Waals surface area contributed by atoms with E-state index >= 15 is 0 Å². The Balaban J connectivity index is 1.70. The molecule has 4 aromatic rings. The molecule has 4 rings (SSSR count). The third-order valence-corrected chi connectivity index (χ3v) is 13.6. The van der Waals surface area contributed by atoms with Gasteiger partial charge >= 0.3 is 206 Å². The fraction of sp³-hybridized carbons (Fsp3) is 0.286. The number of hydrogen-bond donors (Lipinski definition) is 0. The molecule has 0 saturated carbocycles. The normalized spacial score (nSPS) is 12.3. The molecule has 0 amide bonds. The van der Waals surface area contributed by atoms with Crippen molar-refractivity contribution in [3.63, 3.8) is 0 Å². The van der Waals surface area contributed by atoms with E-state index in [2.05, 4.69) is 55.5 Å². The first kappa shape index (κ1) is 24.2. The van der Waals surface area contributed by atoms with Crippen molar-refractivity contribution < 1.29 is 10.9 Å². The van der Waals surface area contributed by atoms with Gasteiger partial charge in [-0.25, -0.2) is 0 Å². The summed E-state index contributed by atoms with van der Waals surface area (Å²) in [5.74, 6) is 0.0859. The van der Waals surface area contributed by atoms with Crippen LogP contribution in [0.4, 0.5) is 0 Å². The van der Waals surface area contributed by atoms with Gasteiger partial charge in [0.25, 0.3) is 0 Å². The molecule has 0 unspecified atom stereocenters. The van der Waals surface area contributed by atoms with Crippen LogP contribution in [-0.4, -0.2) is 14.2 Å². The average Bonchev–Trinajstić information content (AvgIpc) is 2.84. The molecular formula is C28H31IO3S. The van der Waals surface area contributed by atoms with Gasteiger partial charge in [0.1, 0.15) is 0 Å². The second-order valence-corrected chi connectivity index (χ2v) is 14.7. The molecule has 0 saturated heterocycles. The van der Waals surface area contributed by atoms with Crippen LogP contribution in [0, 0.1) is 7.14 Å². The first-order valence-corrected chi connectivity index (χ1v) is 16.3. The van der Waals surface area contributed by atoms with Crippen LogP contribution in [0.2, 0.25) is 0 Å². The summed E-state index contributed by atoms with van der Waals surface area (Å²) in [6.45, 7) is 2.18. The number of rotatable bonds is 11. The maximum atomic E-state index is 13.2. The monoisotopic (exact) mass is 574 g/mol. The summed E-state index contributed by atoms with van der Waals surface area (Å²) >= 11 is -2.77. The summed E-state index contributed by atoms with van der Waals surface area (Å²) in [4.78, 5) is 0. The summed E-state index contributed by atoms with van der Waals surface area (Å²) in [5.41, 5.74) is 0. The minimum absolute atomic E-state index is 0.0859. The molecule has 0 fully saturated rings. The van der Waals surface area contributed by atoms with Gasteiger partial charge in [-0.2, -0.15) is 0 Å². The Morgan fingerprint density at radius 3 is 1.70 bits per heavy atom. The van der Waals surface area contributed by atoms with E-state index in [1.54, 1.807) is 0 Å². The first-order valence-electron chi connectivity index (χ1n) is 11.7. The number of halogens is 1.